The first kappa shape index (κ1) is 15.4. The summed E-state index contributed by atoms with van der Waals surface area (Å²) in [5, 5.41) is 8.81. The second-order valence-corrected chi connectivity index (χ2v) is 5.56. The molecule has 0 aromatic carbocycles. The quantitative estimate of drug-likeness (QED) is 0.732. The van der Waals surface area contributed by atoms with Gasteiger partial charge in [0.2, 0.25) is 0 Å². The van der Waals surface area contributed by atoms with Gasteiger partial charge in [-0.15, -0.1) is 0 Å². The van der Waals surface area contributed by atoms with Crippen LogP contribution in [0.25, 0.3) is 0 Å². The minimum Gasteiger partial charge on any atom is -0.481 e. The fourth-order valence-electron chi connectivity index (χ4n) is 1.31. The van der Waals surface area contributed by atoms with Crippen molar-refractivity contribution in [1.82, 2.24) is 0 Å². The molecule has 0 aromatic heterocycles. The van der Waals surface area contributed by atoms with Crippen LogP contribution in [0.2, 0.25) is 0 Å². The van der Waals surface area contributed by atoms with Crippen molar-refractivity contribution in [3.8, 4) is 0 Å². The Morgan fingerprint density at radius 1 is 1.38 bits per heavy atom. The zero-order chi connectivity index (χ0) is 12.9. The second-order valence-electron chi connectivity index (χ2n) is 5.56. The van der Waals surface area contributed by atoms with Crippen LogP contribution in [-0.2, 0) is 9.53 Å². The third-order valence-corrected chi connectivity index (χ3v) is 2.51. The molecule has 0 aliphatic heterocycles. The molecule has 0 heterocycles. The van der Waals surface area contributed by atoms with Gasteiger partial charge in [0.05, 0.1) is 11.5 Å². The highest BCUT2D eigenvalue weighted by molar-refractivity contribution is 5.70. The van der Waals surface area contributed by atoms with Crippen LogP contribution in [0.4, 0.5) is 0 Å². The Kier molecular flexibility index (Phi) is 5.97. The summed E-state index contributed by atoms with van der Waals surface area (Å²) >= 11 is 0. The van der Waals surface area contributed by atoms with Gasteiger partial charge in [0.15, 0.2) is 0 Å². The maximum atomic E-state index is 10.7. The van der Waals surface area contributed by atoms with Gasteiger partial charge in [0, 0.05) is 12.6 Å². The van der Waals surface area contributed by atoms with E-state index in [1.807, 2.05) is 27.7 Å². The molecule has 0 amide bonds. The molecular weight excluding hydrogens is 206 g/mol. The van der Waals surface area contributed by atoms with E-state index in [1.54, 1.807) is 6.92 Å². The molecule has 0 fully saturated rings. The van der Waals surface area contributed by atoms with E-state index in [0.29, 0.717) is 13.0 Å². The molecule has 0 radical (unpaired) electrons. The summed E-state index contributed by atoms with van der Waals surface area (Å²) in [4.78, 5) is 10.7. The van der Waals surface area contributed by atoms with Gasteiger partial charge in [-0.3, -0.25) is 4.79 Å². The molecule has 0 aliphatic rings. The third-order valence-electron chi connectivity index (χ3n) is 2.51. The molecule has 0 aromatic rings. The highest BCUT2D eigenvalue weighted by Crippen LogP contribution is 2.15. The van der Waals surface area contributed by atoms with Gasteiger partial charge in [0.1, 0.15) is 0 Å². The van der Waals surface area contributed by atoms with Gasteiger partial charge in [-0.1, -0.05) is 13.8 Å². The zero-order valence-corrected chi connectivity index (χ0v) is 11.0. The maximum Gasteiger partial charge on any atom is 0.307 e. The monoisotopic (exact) mass is 231 g/mol. The van der Waals surface area contributed by atoms with Crippen molar-refractivity contribution in [2.24, 2.45) is 17.6 Å². The molecule has 16 heavy (non-hydrogen) atoms. The molecule has 0 saturated carbocycles. The Balaban J connectivity index is 3.96. The first-order valence-electron chi connectivity index (χ1n) is 5.76. The molecule has 0 saturated heterocycles. The number of aliphatic carboxylic acids is 1. The molecule has 3 N–H and O–H groups in total. The smallest absolute Gasteiger partial charge is 0.307 e. The summed E-state index contributed by atoms with van der Waals surface area (Å²) < 4.78 is 5.63. The van der Waals surface area contributed by atoms with Crippen molar-refractivity contribution >= 4 is 5.97 Å². The molecule has 3 atom stereocenters. The van der Waals surface area contributed by atoms with Crippen molar-refractivity contribution in [3.05, 3.63) is 0 Å². The summed E-state index contributed by atoms with van der Waals surface area (Å²) in [6.07, 6.45) is 0.670. The van der Waals surface area contributed by atoms with E-state index >= 15 is 0 Å². The predicted molar refractivity (Wildman–Crippen MR) is 64.3 cm³/mol. The van der Waals surface area contributed by atoms with Gasteiger partial charge in [-0.2, -0.15) is 0 Å². The van der Waals surface area contributed by atoms with Crippen LogP contribution in [0.15, 0.2) is 0 Å². The summed E-state index contributed by atoms with van der Waals surface area (Å²) in [6.45, 7) is 10.3. The SMILES string of the molecule is CC(C(=O)O)[C@@H](N)C[C@H](C)COC(C)(C)C. The summed E-state index contributed by atoms with van der Waals surface area (Å²) in [6, 6.07) is -0.309. The highest BCUT2D eigenvalue weighted by atomic mass is 16.5. The Morgan fingerprint density at radius 2 is 1.88 bits per heavy atom. The van der Waals surface area contributed by atoms with E-state index in [2.05, 4.69) is 0 Å². The topological polar surface area (TPSA) is 72.5 Å². The fraction of sp³-hybridized carbons (Fsp3) is 0.917. The van der Waals surface area contributed by atoms with Gasteiger partial charge in [0.25, 0.3) is 0 Å². The van der Waals surface area contributed by atoms with E-state index in [-0.39, 0.29) is 17.6 Å². The zero-order valence-electron chi connectivity index (χ0n) is 11.0. The second kappa shape index (κ2) is 6.21. The van der Waals surface area contributed by atoms with Crippen LogP contribution in [0.3, 0.4) is 0 Å². The molecule has 1 unspecified atom stereocenters. The molecule has 4 nitrogen and oxygen atoms in total. The molecule has 0 bridgehead atoms. The number of hydrogen-bond donors (Lipinski definition) is 2. The highest BCUT2D eigenvalue weighted by Gasteiger charge is 2.22. The van der Waals surface area contributed by atoms with Crippen molar-refractivity contribution in [2.45, 2.75) is 52.7 Å². The maximum absolute atomic E-state index is 10.7. The predicted octanol–water partition coefficient (Wildman–Crippen LogP) is 1.88. The Labute approximate surface area is 98.2 Å². The summed E-state index contributed by atoms with van der Waals surface area (Å²) in [5.41, 5.74) is 5.67. The molecular formula is C12H25NO3. The van der Waals surface area contributed by atoms with Crippen LogP contribution in [0.1, 0.15) is 41.0 Å². The lowest BCUT2D eigenvalue weighted by molar-refractivity contribution is -0.142. The van der Waals surface area contributed by atoms with Crippen LogP contribution in [-0.4, -0.2) is 29.3 Å². The van der Waals surface area contributed by atoms with Gasteiger partial charge in [-0.05, 0) is 33.1 Å². The summed E-state index contributed by atoms with van der Waals surface area (Å²) in [5.74, 6) is -1.07. The van der Waals surface area contributed by atoms with Crippen LogP contribution in [0, 0.1) is 11.8 Å². The lowest BCUT2D eigenvalue weighted by atomic mass is 9.93. The number of rotatable bonds is 6. The fourth-order valence-corrected chi connectivity index (χ4v) is 1.31. The normalized spacial score (nSPS) is 17.9. The van der Waals surface area contributed by atoms with Gasteiger partial charge >= 0.3 is 5.97 Å². The van der Waals surface area contributed by atoms with Gasteiger partial charge < -0.3 is 15.6 Å². The van der Waals surface area contributed by atoms with Crippen molar-refractivity contribution in [2.75, 3.05) is 6.61 Å². The van der Waals surface area contributed by atoms with E-state index < -0.39 is 11.9 Å². The van der Waals surface area contributed by atoms with E-state index in [0.717, 1.165) is 0 Å². The largest absolute Gasteiger partial charge is 0.481 e. The number of ether oxygens (including phenoxy) is 1. The van der Waals surface area contributed by atoms with Crippen LogP contribution < -0.4 is 5.73 Å². The van der Waals surface area contributed by atoms with Crippen LogP contribution >= 0.6 is 0 Å². The van der Waals surface area contributed by atoms with E-state index in [9.17, 15) is 4.79 Å². The number of hydrogen-bond acceptors (Lipinski definition) is 3. The van der Waals surface area contributed by atoms with E-state index in [4.69, 9.17) is 15.6 Å². The molecule has 0 spiro atoms. The molecule has 96 valence electrons. The lowest BCUT2D eigenvalue weighted by Gasteiger charge is -2.25. The average Bonchev–Trinajstić information content (AvgIpc) is 2.12. The number of nitrogens with two attached hydrogens (primary N) is 1. The molecule has 0 rings (SSSR count). The third kappa shape index (κ3) is 6.80. The Hall–Kier alpha value is -0.610. The molecule has 0 aliphatic carbocycles. The standard InChI is InChI=1S/C12H25NO3/c1-8(7-16-12(3,4)5)6-10(13)9(2)11(14)15/h8-10H,6-7,13H2,1-5H3,(H,14,15)/t8-,9?,10-/m0/s1. The minimum atomic E-state index is -0.837. The van der Waals surface area contributed by atoms with Gasteiger partial charge in [-0.25, -0.2) is 0 Å². The lowest BCUT2D eigenvalue weighted by Crippen LogP contribution is -2.36. The summed E-state index contributed by atoms with van der Waals surface area (Å²) in [7, 11) is 0. The Bertz CT molecular complexity index is 223. The average molecular weight is 231 g/mol. The van der Waals surface area contributed by atoms with Crippen molar-refractivity contribution < 1.29 is 14.6 Å². The van der Waals surface area contributed by atoms with Crippen molar-refractivity contribution in [1.29, 1.82) is 0 Å². The number of carboxylic acid groups (broad SMARTS) is 1. The van der Waals surface area contributed by atoms with Crippen molar-refractivity contribution in [3.63, 3.8) is 0 Å². The number of carboxylic acids is 1. The van der Waals surface area contributed by atoms with Crippen LogP contribution in [0.5, 0.6) is 0 Å². The Morgan fingerprint density at radius 3 is 2.25 bits per heavy atom. The van der Waals surface area contributed by atoms with E-state index in [1.165, 1.54) is 0 Å². The number of carbonyl (C=O) groups is 1. The first-order valence-corrected chi connectivity index (χ1v) is 5.76. The first-order chi connectivity index (χ1) is 7.13. The minimum absolute atomic E-state index is 0.156. The molecule has 4 heteroatoms.